The van der Waals surface area contributed by atoms with Gasteiger partial charge >= 0.3 is 0 Å². The van der Waals surface area contributed by atoms with Crippen LogP contribution in [0.1, 0.15) is 0 Å². The van der Waals surface area contributed by atoms with Crippen LogP contribution in [0.4, 0.5) is 0 Å². The zero-order chi connectivity index (χ0) is 5.41. The van der Waals surface area contributed by atoms with Crippen LogP contribution in [-0.4, -0.2) is 10.2 Å². The number of aliphatic hydroxyl groups is 2. The molecule has 0 aromatic heterocycles. The van der Waals surface area contributed by atoms with Crippen LogP contribution in [0.15, 0.2) is 0 Å². The van der Waals surface area contributed by atoms with Crippen LogP contribution >= 0.6 is 0 Å². The maximum absolute atomic E-state index is 6.88. The number of nitriles is 2. The van der Waals surface area contributed by atoms with Gasteiger partial charge in [-0.05, 0) is 0 Å². The smallest absolute Gasteiger partial charge is 0.283 e. The van der Waals surface area contributed by atoms with Gasteiger partial charge in [0.2, 0.25) is 0 Å². The third kappa shape index (κ3) is 96.0. The van der Waals surface area contributed by atoms with Crippen LogP contribution in [0.3, 0.4) is 0 Å². The molecular formula is C2H2N2O2Pd. The molecule has 0 radical (unpaired) electrons. The predicted octanol–water partition coefficient (Wildman–Crippen LogP) is -0.323. The minimum atomic E-state index is 0. The third-order valence-electron chi connectivity index (χ3n) is 0. The van der Waals surface area contributed by atoms with E-state index >= 15 is 0 Å². The fraction of sp³-hybridized carbons (Fsp3) is 0. The van der Waals surface area contributed by atoms with Gasteiger partial charge < -0.3 is 10.2 Å². The Balaban J connectivity index is -0.0000000400. The molecule has 5 heteroatoms. The second kappa shape index (κ2) is 61.1. The summed E-state index contributed by atoms with van der Waals surface area (Å²) in [5.74, 6) is 0. The molecule has 0 bridgehead atoms. The zero-order valence-electron chi connectivity index (χ0n) is 3.11. The molecule has 2 N–H and O–H groups in total. The molecule has 0 saturated heterocycles. The van der Waals surface area contributed by atoms with E-state index in [1.54, 1.807) is 0 Å². The molecule has 0 atom stereocenters. The standard InChI is InChI=1S/2CHNO.Pd/c2*2-1-3;/h2*3H;. The summed E-state index contributed by atoms with van der Waals surface area (Å²) in [7, 11) is 0. The Morgan fingerprint density at radius 3 is 1.00 bits per heavy atom. The van der Waals surface area contributed by atoms with E-state index in [1.807, 2.05) is 0 Å². The molecule has 0 aromatic carbocycles. The number of hydrogen-bond acceptors (Lipinski definition) is 4. The largest absolute Gasteiger partial charge is 0.443 e. The second-order valence-electron chi connectivity index (χ2n) is 0.200. The van der Waals surface area contributed by atoms with Crippen molar-refractivity contribution in [3.63, 3.8) is 0 Å². The molecule has 0 saturated carbocycles. The van der Waals surface area contributed by atoms with Gasteiger partial charge in [-0.2, -0.15) is 10.5 Å². The minimum absolute atomic E-state index is 0. The van der Waals surface area contributed by atoms with Crippen molar-refractivity contribution in [2.75, 3.05) is 0 Å². The average Bonchev–Trinajstić information content (AvgIpc) is 1.39. The summed E-state index contributed by atoms with van der Waals surface area (Å²) in [6, 6.07) is 0. The van der Waals surface area contributed by atoms with Gasteiger partial charge in [0.15, 0.2) is 0 Å². The summed E-state index contributed by atoms with van der Waals surface area (Å²) in [4.78, 5) is 0. The third-order valence-corrected chi connectivity index (χ3v) is 0. The molecule has 0 aliphatic heterocycles. The molecule has 4 nitrogen and oxygen atoms in total. The van der Waals surface area contributed by atoms with Crippen molar-refractivity contribution in [1.82, 2.24) is 0 Å². The van der Waals surface area contributed by atoms with Crippen LogP contribution < -0.4 is 0 Å². The summed E-state index contributed by atoms with van der Waals surface area (Å²) < 4.78 is 0. The number of rotatable bonds is 0. The molecule has 0 unspecified atom stereocenters. The topological polar surface area (TPSA) is 88.0 Å². The number of nitrogens with zero attached hydrogens (tertiary/aromatic N) is 2. The van der Waals surface area contributed by atoms with Gasteiger partial charge in [-0.15, -0.1) is 0 Å². The Morgan fingerprint density at radius 2 is 1.00 bits per heavy atom. The van der Waals surface area contributed by atoms with Crippen LogP contribution in [0.25, 0.3) is 0 Å². The van der Waals surface area contributed by atoms with E-state index in [0.717, 1.165) is 12.5 Å². The van der Waals surface area contributed by atoms with E-state index in [1.165, 1.54) is 0 Å². The Labute approximate surface area is 54.3 Å². The van der Waals surface area contributed by atoms with Crippen molar-refractivity contribution in [1.29, 1.82) is 10.5 Å². The van der Waals surface area contributed by atoms with Gasteiger partial charge in [0.05, 0.1) is 0 Å². The first-order valence-corrected chi connectivity index (χ1v) is 0.894. The molecule has 0 rings (SSSR count). The van der Waals surface area contributed by atoms with Crippen molar-refractivity contribution in [2.45, 2.75) is 0 Å². The van der Waals surface area contributed by atoms with Crippen LogP contribution in [0.2, 0.25) is 0 Å². The summed E-state index contributed by atoms with van der Waals surface area (Å²) in [5.41, 5.74) is 0. The van der Waals surface area contributed by atoms with Crippen molar-refractivity contribution < 1.29 is 30.6 Å². The SMILES string of the molecule is N#CO.N#CO.[Pd]. The normalized spacial score (nSPS) is 2.00. The molecule has 0 amide bonds. The van der Waals surface area contributed by atoms with E-state index in [0.29, 0.717) is 0 Å². The first-order valence-electron chi connectivity index (χ1n) is 0.894. The van der Waals surface area contributed by atoms with E-state index in [4.69, 9.17) is 20.7 Å². The fourth-order valence-corrected chi connectivity index (χ4v) is 0. The molecule has 0 heterocycles. The van der Waals surface area contributed by atoms with Gasteiger partial charge in [0, 0.05) is 20.4 Å². The number of aliphatic hydroxyl groups excluding tert-OH is 2. The van der Waals surface area contributed by atoms with Crippen molar-refractivity contribution >= 4 is 0 Å². The van der Waals surface area contributed by atoms with Gasteiger partial charge in [-0.3, -0.25) is 0 Å². The minimum Gasteiger partial charge on any atom is -0.443 e. The molecule has 0 fully saturated rings. The molecular weight excluding hydrogens is 190 g/mol. The monoisotopic (exact) mass is 192 g/mol. The molecule has 0 spiro atoms. The van der Waals surface area contributed by atoms with Gasteiger partial charge in [-0.1, -0.05) is 0 Å². The first kappa shape index (κ1) is 16.3. The van der Waals surface area contributed by atoms with Crippen LogP contribution in [0, 0.1) is 23.0 Å². The van der Waals surface area contributed by atoms with E-state index in [9.17, 15) is 0 Å². The molecule has 0 aromatic rings. The van der Waals surface area contributed by atoms with E-state index in [2.05, 4.69) is 0 Å². The van der Waals surface area contributed by atoms with E-state index < -0.39 is 0 Å². The van der Waals surface area contributed by atoms with E-state index in [-0.39, 0.29) is 20.4 Å². The first-order chi connectivity index (χ1) is 2.83. The Bertz CT molecular complexity index is 68.7. The summed E-state index contributed by atoms with van der Waals surface area (Å²) in [6.45, 7) is 0. The fourth-order valence-electron chi connectivity index (χ4n) is 0. The maximum Gasteiger partial charge on any atom is 0.283 e. The summed E-state index contributed by atoms with van der Waals surface area (Å²) in [5, 5.41) is 27.5. The van der Waals surface area contributed by atoms with Gasteiger partial charge in [-0.25, -0.2) is 0 Å². The Hall–Kier alpha value is -0.758. The van der Waals surface area contributed by atoms with Crippen molar-refractivity contribution in [2.24, 2.45) is 0 Å². The molecule has 7 heavy (non-hydrogen) atoms. The summed E-state index contributed by atoms with van der Waals surface area (Å²) in [6.07, 6.45) is 1.50. The molecule has 42 valence electrons. The van der Waals surface area contributed by atoms with Crippen LogP contribution in [-0.2, 0) is 20.4 Å². The second-order valence-corrected chi connectivity index (χ2v) is 0.200. The predicted molar refractivity (Wildman–Crippen MR) is 15.1 cm³/mol. The maximum atomic E-state index is 6.88. The summed E-state index contributed by atoms with van der Waals surface area (Å²) >= 11 is 0. The molecule has 0 aliphatic rings. The Morgan fingerprint density at radius 1 is 1.00 bits per heavy atom. The molecule has 0 aliphatic carbocycles. The Kier molecular flexibility index (Phi) is 143. The zero-order valence-corrected chi connectivity index (χ0v) is 4.66. The average molecular weight is 192 g/mol. The van der Waals surface area contributed by atoms with Crippen molar-refractivity contribution in [3.05, 3.63) is 0 Å². The van der Waals surface area contributed by atoms with Crippen molar-refractivity contribution in [3.8, 4) is 12.5 Å². The quantitative estimate of drug-likeness (QED) is 0.407. The van der Waals surface area contributed by atoms with Crippen LogP contribution in [0.5, 0.6) is 0 Å². The number of hydrogen-bond donors (Lipinski definition) is 2. The van der Waals surface area contributed by atoms with Gasteiger partial charge in [0.1, 0.15) is 0 Å². The van der Waals surface area contributed by atoms with Gasteiger partial charge in [0.25, 0.3) is 12.5 Å².